The van der Waals surface area contributed by atoms with Crippen LogP contribution < -0.4 is 0 Å². The summed E-state index contributed by atoms with van der Waals surface area (Å²) in [6.45, 7) is 0. The van der Waals surface area contributed by atoms with Gasteiger partial charge in [-0.05, 0) is 18.2 Å². The minimum atomic E-state index is -2.35. The largest absolute Gasteiger partial charge is 0.341 e. The molecule has 0 aromatic carbocycles. The van der Waals surface area contributed by atoms with Gasteiger partial charge in [0, 0.05) is 0 Å². The lowest BCUT2D eigenvalue weighted by Crippen LogP contribution is -2.07. The van der Waals surface area contributed by atoms with Gasteiger partial charge < -0.3 is 0 Å². The molecule has 0 amide bonds. The molecule has 0 saturated heterocycles. The number of rotatable bonds is 17. The molecule has 0 aliphatic heterocycles. The van der Waals surface area contributed by atoms with Crippen molar-refractivity contribution in [3.8, 4) is 0 Å². The van der Waals surface area contributed by atoms with E-state index in [0.29, 0.717) is 0 Å². The summed E-state index contributed by atoms with van der Waals surface area (Å²) in [4.78, 5) is 0. The van der Waals surface area contributed by atoms with E-state index < -0.39 is 6.00 Å². The molecule has 22 heavy (non-hydrogen) atoms. The van der Waals surface area contributed by atoms with Gasteiger partial charge in [-0.15, -0.1) is 33.2 Å². The van der Waals surface area contributed by atoms with Gasteiger partial charge in [-0.25, -0.2) is 0 Å². The van der Waals surface area contributed by atoms with E-state index in [1.165, 1.54) is 89.9 Å². The Bertz CT molecular complexity index is 222. The van der Waals surface area contributed by atoms with Crippen molar-refractivity contribution < 1.29 is 0 Å². The maximum absolute atomic E-state index is 5.86. The van der Waals surface area contributed by atoms with Gasteiger partial charge in [-0.1, -0.05) is 89.9 Å². The second-order valence-corrected chi connectivity index (χ2v) is 16.1. The molecule has 0 unspecified atom stereocenters. The van der Waals surface area contributed by atoms with Crippen LogP contribution in [0.1, 0.15) is 96.3 Å². The third kappa shape index (κ3) is 21.4. The van der Waals surface area contributed by atoms with Crippen LogP contribution in [0.3, 0.4) is 0 Å². The van der Waals surface area contributed by atoms with Crippen molar-refractivity contribution in [3.63, 3.8) is 0 Å². The highest BCUT2D eigenvalue weighted by Crippen LogP contribution is 2.27. The fourth-order valence-corrected chi connectivity index (χ4v) is 4.81. The Hall–Kier alpha value is 1.44. The van der Waals surface area contributed by atoms with Crippen LogP contribution in [0.2, 0.25) is 6.04 Å². The Kier molecular flexibility index (Phi) is 18.4. The summed E-state index contributed by atoms with van der Waals surface area (Å²) >= 11 is 21.8. The molecule has 0 atom stereocenters. The van der Waals surface area contributed by atoms with Gasteiger partial charge in [0.25, 0.3) is 0 Å². The molecule has 0 aromatic rings. The second kappa shape index (κ2) is 17.3. The van der Waals surface area contributed by atoms with Crippen LogP contribution in [0.25, 0.3) is 0 Å². The summed E-state index contributed by atoms with van der Waals surface area (Å²) in [6.07, 6.45) is 20.4. The maximum atomic E-state index is 5.86. The Morgan fingerprint density at radius 1 is 0.455 bits per heavy atom. The smallest absolute Gasteiger partial charge is 0.179 e. The van der Waals surface area contributed by atoms with Crippen LogP contribution in [-0.4, -0.2) is 11.8 Å². The van der Waals surface area contributed by atoms with Crippen LogP contribution in [0, 0.1) is 0 Å². The molecule has 0 aliphatic carbocycles. The standard InChI is InChI=1S/C17H35Cl3SSi/c18-22(19,20)17-15-13-11-9-7-5-3-1-2-4-6-8-10-12-14-16-21/h21H,1-17H2. The van der Waals surface area contributed by atoms with Gasteiger partial charge in [0.1, 0.15) is 0 Å². The lowest BCUT2D eigenvalue weighted by molar-refractivity contribution is 0.535. The summed E-state index contributed by atoms with van der Waals surface area (Å²) in [5, 5.41) is 0. The molecule has 0 aromatic heterocycles. The predicted molar refractivity (Wildman–Crippen MR) is 111 cm³/mol. The molecule has 0 bridgehead atoms. The van der Waals surface area contributed by atoms with Gasteiger partial charge in [0.2, 0.25) is 0 Å². The van der Waals surface area contributed by atoms with E-state index in [4.69, 9.17) is 33.2 Å². The summed E-state index contributed by atoms with van der Waals surface area (Å²) in [5.41, 5.74) is 0. The molecule has 0 N–H and O–H groups in total. The Balaban J connectivity index is 3.00. The molecule has 0 heterocycles. The molecular formula is C17H35Cl3SSi. The third-order valence-electron chi connectivity index (χ3n) is 4.12. The van der Waals surface area contributed by atoms with Crippen LogP contribution in [-0.2, 0) is 0 Å². The molecule has 0 spiro atoms. The van der Waals surface area contributed by atoms with E-state index in [2.05, 4.69) is 12.6 Å². The first-order valence-corrected chi connectivity index (χ1v) is 15.1. The first-order valence-electron chi connectivity index (χ1n) is 9.24. The molecule has 0 radical (unpaired) electrons. The van der Waals surface area contributed by atoms with Crippen molar-refractivity contribution >= 4 is 51.9 Å². The van der Waals surface area contributed by atoms with Gasteiger partial charge in [0.05, 0.1) is 0 Å². The molecular weight excluding hydrogens is 371 g/mol. The molecule has 134 valence electrons. The Labute approximate surface area is 159 Å². The monoisotopic (exact) mass is 404 g/mol. The molecule has 0 aliphatic rings. The van der Waals surface area contributed by atoms with E-state index >= 15 is 0 Å². The fourth-order valence-electron chi connectivity index (χ4n) is 2.74. The lowest BCUT2D eigenvalue weighted by Gasteiger charge is -2.07. The number of thiol groups is 1. The minimum absolute atomic E-state index is 0.826. The predicted octanol–water partition coefficient (Wildman–Crippen LogP) is 8.42. The van der Waals surface area contributed by atoms with E-state index in [9.17, 15) is 0 Å². The highest BCUT2D eigenvalue weighted by Gasteiger charge is 2.23. The van der Waals surface area contributed by atoms with Crippen LogP contribution in [0.5, 0.6) is 0 Å². The van der Waals surface area contributed by atoms with Crippen LogP contribution in [0.4, 0.5) is 0 Å². The lowest BCUT2D eigenvalue weighted by atomic mass is 10.0. The highest BCUT2D eigenvalue weighted by atomic mass is 35.8. The Morgan fingerprint density at radius 3 is 1.00 bits per heavy atom. The third-order valence-corrected chi connectivity index (χ3v) is 7.06. The molecule has 5 heteroatoms. The van der Waals surface area contributed by atoms with E-state index in [-0.39, 0.29) is 0 Å². The Morgan fingerprint density at radius 2 is 0.727 bits per heavy atom. The van der Waals surface area contributed by atoms with Gasteiger partial charge in [-0.2, -0.15) is 12.6 Å². The molecule has 0 nitrogen and oxygen atoms in total. The number of unbranched alkanes of at least 4 members (excludes halogenated alkanes) is 14. The van der Waals surface area contributed by atoms with Crippen molar-refractivity contribution in [2.45, 2.75) is 102 Å². The normalized spacial score (nSPS) is 12.0. The van der Waals surface area contributed by atoms with Gasteiger partial charge in [0.15, 0.2) is 0 Å². The van der Waals surface area contributed by atoms with Gasteiger partial charge >= 0.3 is 6.00 Å². The average molecular weight is 406 g/mol. The summed E-state index contributed by atoms with van der Waals surface area (Å²) in [7, 11) is 0. The van der Waals surface area contributed by atoms with Crippen molar-refractivity contribution in [1.29, 1.82) is 0 Å². The number of hydrogen-bond donors (Lipinski definition) is 1. The SMILES string of the molecule is SCCCCCCCCCCCCCCCCC[Si](Cl)(Cl)Cl. The molecule has 0 rings (SSSR count). The summed E-state index contributed by atoms with van der Waals surface area (Å²) < 4.78 is 0. The zero-order valence-electron chi connectivity index (χ0n) is 14.1. The summed E-state index contributed by atoms with van der Waals surface area (Å²) in [5.74, 6) is 1.05. The van der Waals surface area contributed by atoms with Crippen molar-refractivity contribution in [3.05, 3.63) is 0 Å². The van der Waals surface area contributed by atoms with E-state index in [1.807, 2.05) is 0 Å². The maximum Gasteiger partial charge on any atom is 0.341 e. The minimum Gasteiger partial charge on any atom is -0.179 e. The van der Waals surface area contributed by atoms with Crippen molar-refractivity contribution in [1.82, 2.24) is 0 Å². The summed E-state index contributed by atoms with van der Waals surface area (Å²) in [6, 6.07) is -1.53. The first kappa shape index (κ1) is 23.4. The fraction of sp³-hybridized carbons (Fsp3) is 1.00. The zero-order valence-corrected chi connectivity index (χ0v) is 18.3. The van der Waals surface area contributed by atoms with Crippen LogP contribution >= 0.6 is 45.9 Å². The molecule has 0 saturated carbocycles. The van der Waals surface area contributed by atoms with Crippen LogP contribution in [0.15, 0.2) is 0 Å². The number of hydrogen-bond acceptors (Lipinski definition) is 1. The topological polar surface area (TPSA) is 0 Å². The zero-order chi connectivity index (χ0) is 16.5. The molecule has 0 fully saturated rings. The van der Waals surface area contributed by atoms with Gasteiger partial charge in [-0.3, -0.25) is 0 Å². The average Bonchev–Trinajstić information content (AvgIpc) is 2.45. The highest BCUT2D eigenvalue weighted by molar-refractivity contribution is 7.80. The quantitative estimate of drug-likeness (QED) is 0.107. The first-order chi connectivity index (χ1) is 10.6. The van der Waals surface area contributed by atoms with Crippen molar-refractivity contribution in [2.24, 2.45) is 0 Å². The second-order valence-electron chi connectivity index (χ2n) is 6.39. The number of halogens is 3. The van der Waals surface area contributed by atoms with E-state index in [0.717, 1.165) is 18.2 Å². The van der Waals surface area contributed by atoms with E-state index in [1.54, 1.807) is 0 Å². The van der Waals surface area contributed by atoms with Crippen molar-refractivity contribution in [2.75, 3.05) is 5.75 Å².